The molecule has 0 spiro atoms. The van der Waals surface area contributed by atoms with Gasteiger partial charge < -0.3 is 31.7 Å². The smallest absolute Gasteiger partial charge is 0.312 e. The maximum absolute atomic E-state index is 13.5. The van der Waals surface area contributed by atoms with E-state index in [0.717, 1.165) is 11.1 Å². The fourth-order valence-corrected chi connectivity index (χ4v) is 5.65. The van der Waals surface area contributed by atoms with Gasteiger partial charge in [0.05, 0.1) is 19.1 Å². The maximum atomic E-state index is 13.5. The number of azide groups is 1. The molecule has 6 N–H and O–H groups in total. The van der Waals surface area contributed by atoms with Gasteiger partial charge in [-0.2, -0.15) is 0 Å². The molecule has 1 aromatic carbocycles. The van der Waals surface area contributed by atoms with Gasteiger partial charge in [-0.3, -0.25) is 24.0 Å². The van der Waals surface area contributed by atoms with Gasteiger partial charge in [0.1, 0.15) is 5.78 Å². The molecule has 15 heteroatoms. The zero-order chi connectivity index (χ0) is 35.6. The number of hydrogen-bond acceptors (Lipinski definition) is 9. The molecule has 3 atom stereocenters. The van der Waals surface area contributed by atoms with Crippen LogP contribution < -0.4 is 22.1 Å². The summed E-state index contributed by atoms with van der Waals surface area (Å²) in [5.74, 6) is -2.49. The van der Waals surface area contributed by atoms with E-state index < -0.39 is 23.9 Å². The van der Waals surface area contributed by atoms with Crippen LogP contribution in [-0.4, -0.2) is 85.7 Å². The minimum absolute atomic E-state index is 0.0140. The first-order valence-electron chi connectivity index (χ1n) is 16.4. The summed E-state index contributed by atoms with van der Waals surface area (Å²) in [6.07, 6.45) is 2.13. The van der Waals surface area contributed by atoms with Crippen LogP contribution in [0.2, 0.25) is 0 Å². The van der Waals surface area contributed by atoms with Crippen LogP contribution in [-0.2, 0) is 41.6 Å². The van der Waals surface area contributed by atoms with Gasteiger partial charge in [0.25, 0.3) is 0 Å². The summed E-state index contributed by atoms with van der Waals surface area (Å²) in [5, 5.41) is 8.82. The van der Waals surface area contributed by atoms with Crippen LogP contribution in [0.3, 0.4) is 0 Å². The van der Waals surface area contributed by atoms with Crippen molar-refractivity contribution in [3.05, 3.63) is 45.8 Å². The first-order chi connectivity index (χ1) is 22.8. The zero-order valence-electron chi connectivity index (χ0n) is 28.2. The SMILES string of the molecule is COC(=O)C1CCN(C(=O)CCC(=O)C[C@H](C(=O)N[C@@H](CCCNC(N)=O)C(=O)Cc2ccc(C[C@H](N)CN=[N+]=[N-])cc2)C(C)C)CC1. The first-order valence-corrected chi connectivity index (χ1v) is 16.4. The highest BCUT2D eigenvalue weighted by atomic mass is 16.5. The number of methoxy groups -OCH3 is 1. The number of primary amides is 1. The third-order valence-corrected chi connectivity index (χ3v) is 8.54. The van der Waals surface area contributed by atoms with Crippen LogP contribution in [0.25, 0.3) is 10.4 Å². The van der Waals surface area contributed by atoms with Gasteiger partial charge in [0, 0.05) is 68.7 Å². The number of nitrogens with one attached hydrogen (secondary N) is 2. The number of nitrogens with zero attached hydrogens (tertiary/aromatic N) is 4. The van der Waals surface area contributed by atoms with E-state index in [2.05, 4.69) is 20.7 Å². The predicted molar refractivity (Wildman–Crippen MR) is 178 cm³/mol. The number of ether oxygens (including phenoxy) is 1. The van der Waals surface area contributed by atoms with Crippen LogP contribution >= 0.6 is 0 Å². The number of piperidine rings is 1. The highest BCUT2D eigenvalue weighted by Crippen LogP contribution is 2.21. The Balaban J connectivity index is 1.99. The van der Waals surface area contributed by atoms with Crippen molar-refractivity contribution in [3.8, 4) is 0 Å². The van der Waals surface area contributed by atoms with E-state index in [1.807, 2.05) is 26.0 Å². The Hall–Kier alpha value is -4.49. The Morgan fingerprint density at radius 3 is 2.29 bits per heavy atom. The highest BCUT2D eigenvalue weighted by molar-refractivity contribution is 5.93. The van der Waals surface area contributed by atoms with Gasteiger partial charge in [0.15, 0.2) is 5.78 Å². The lowest BCUT2D eigenvalue weighted by Gasteiger charge is -2.30. The molecule has 48 heavy (non-hydrogen) atoms. The standard InChI is InChI=1S/C33H50N8O7/c1-21(2)27(19-26(42)10-11-30(44)41-15-12-24(13-16-41)32(46)48-3)31(45)39-28(5-4-14-37-33(35)47)29(43)18-23-8-6-22(7-9-23)17-25(34)20-38-40-36/h6-9,21,24-25,27-28H,4-5,10-20,34H2,1-3H3,(H,39,45)(H3,35,37,47)/t25-,27-,28-/m0/s1. The average Bonchev–Trinajstić information content (AvgIpc) is 3.06. The molecule has 2 rings (SSSR count). The Morgan fingerprint density at radius 2 is 1.71 bits per heavy atom. The van der Waals surface area contributed by atoms with Crippen molar-refractivity contribution in [2.75, 3.05) is 33.3 Å². The van der Waals surface area contributed by atoms with Gasteiger partial charge in [-0.25, -0.2) is 4.79 Å². The average molecular weight is 671 g/mol. The molecular weight excluding hydrogens is 620 g/mol. The molecule has 0 saturated carbocycles. The molecule has 264 valence electrons. The zero-order valence-corrected chi connectivity index (χ0v) is 28.2. The molecule has 1 aromatic rings. The Kier molecular flexibility index (Phi) is 17.1. The van der Waals surface area contributed by atoms with E-state index in [-0.39, 0.29) is 86.5 Å². The third kappa shape index (κ3) is 14.1. The van der Waals surface area contributed by atoms with Crippen LogP contribution in [0.15, 0.2) is 29.4 Å². The number of ketones is 2. The molecule has 0 bridgehead atoms. The molecule has 1 aliphatic heterocycles. The first kappa shape index (κ1) is 39.7. The fraction of sp³-hybridized carbons (Fsp3) is 0.636. The minimum atomic E-state index is -0.866. The molecule has 1 fully saturated rings. The lowest BCUT2D eigenvalue weighted by Crippen LogP contribution is -2.46. The fourth-order valence-electron chi connectivity index (χ4n) is 5.65. The Morgan fingerprint density at radius 1 is 1.06 bits per heavy atom. The molecule has 0 unspecified atom stereocenters. The quantitative estimate of drug-likeness (QED) is 0.0526. The normalized spacial score (nSPS) is 15.1. The number of carbonyl (C=O) groups excluding carboxylic acids is 6. The van der Waals surface area contributed by atoms with Crippen molar-refractivity contribution >= 4 is 35.4 Å². The van der Waals surface area contributed by atoms with E-state index in [4.69, 9.17) is 21.7 Å². The summed E-state index contributed by atoms with van der Waals surface area (Å²) in [4.78, 5) is 79.9. The molecule has 1 aliphatic rings. The van der Waals surface area contributed by atoms with Gasteiger partial charge in [-0.15, -0.1) is 0 Å². The second-order valence-electron chi connectivity index (χ2n) is 12.6. The molecular formula is C33H50N8O7. The molecule has 0 radical (unpaired) electrons. The topological polar surface area (TPSA) is 240 Å². The van der Waals surface area contributed by atoms with E-state index in [9.17, 15) is 28.8 Å². The number of esters is 1. The maximum Gasteiger partial charge on any atom is 0.312 e. The molecule has 4 amide bonds. The number of rotatable bonds is 20. The van der Waals surface area contributed by atoms with E-state index in [1.165, 1.54) is 7.11 Å². The van der Waals surface area contributed by atoms with Gasteiger partial charge >= 0.3 is 12.0 Å². The van der Waals surface area contributed by atoms with Gasteiger partial charge in [0.2, 0.25) is 11.8 Å². The highest BCUT2D eigenvalue weighted by Gasteiger charge is 2.31. The van der Waals surface area contributed by atoms with Crippen molar-refractivity contribution in [3.63, 3.8) is 0 Å². The Bertz CT molecular complexity index is 1310. The number of Topliss-reactive ketones (excluding diaryl/α,β-unsaturated/α-hetero) is 2. The molecule has 1 heterocycles. The van der Waals surface area contributed by atoms with Crippen molar-refractivity contribution in [1.29, 1.82) is 0 Å². The van der Waals surface area contributed by atoms with Crippen LogP contribution in [0, 0.1) is 17.8 Å². The lowest BCUT2D eigenvalue weighted by molar-refractivity contribution is -0.149. The lowest BCUT2D eigenvalue weighted by atomic mass is 9.88. The third-order valence-electron chi connectivity index (χ3n) is 8.54. The second-order valence-corrected chi connectivity index (χ2v) is 12.6. The summed E-state index contributed by atoms with van der Waals surface area (Å²) < 4.78 is 4.79. The number of likely N-dealkylation sites (tertiary alicyclic amines) is 1. The van der Waals surface area contributed by atoms with Crippen LogP contribution in [0.5, 0.6) is 0 Å². The van der Waals surface area contributed by atoms with Crippen molar-refractivity contribution in [1.82, 2.24) is 15.5 Å². The van der Waals surface area contributed by atoms with Gasteiger partial charge in [-0.1, -0.05) is 43.2 Å². The van der Waals surface area contributed by atoms with E-state index in [0.29, 0.717) is 38.8 Å². The van der Waals surface area contributed by atoms with Crippen molar-refractivity contribution in [2.45, 2.75) is 83.7 Å². The summed E-state index contributed by atoms with van der Waals surface area (Å²) in [7, 11) is 1.34. The molecule has 0 aliphatic carbocycles. The number of carbonyl (C=O) groups is 6. The summed E-state index contributed by atoms with van der Waals surface area (Å²) in [6, 6.07) is 5.41. The molecule has 0 aromatic heterocycles. The number of benzene rings is 1. The van der Waals surface area contributed by atoms with Crippen molar-refractivity contribution < 1.29 is 33.5 Å². The molecule has 15 nitrogen and oxygen atoms in total. The van der Waals surface area contributed by atoms with Crippen molar-refractivity contribution in [2.24, 2.45) is 34.3 Å². The monoisotopic (exact) mass is 670 g/mol. The summed E-state index contributed by atoms with van der Waals surface area (Å²) in [5.41, 5.74) is 21.3. The summed E-state index contributed by atoms with van der Waals surface area (Å²) >= 11 is 0. The number of hydrogen-bond donors (Lipinski definition) is 4. The largest absolute Gasteiger partial charge is 0.469 e. The number of amides is 4. The van der Waals surface area contributed by atoms with E-state index in [1.54, 1.807) is 17.0 Å². The predicted octanol–water partition coefficient (Wildman–Crippen LogP) is 2.33. The number of nitrogens with two attached hydrogens (primary N) is 2. The number of urea groups is 1. The molecule has 1 saturated heterocycles. The van der Waals surface area contributed by atoms with E-state index >= 15 is 0 Å². The van der Waals surface area contributed by atoms with Gasteiger partial charge in [-0.05, 0) is 54.7 Å². The summed E-state index contributed by atoms with van der Waals surface area (Å²) in [6.45, 7) is 4.88. The van der Waals surface area contributed by atoms with Crippen LogP contribution in [0.1, 0.15) is 69.9 Å². The Labute approximate surface area is 281 Å². The second kappa shape index (κ2) is 20.7. The van der Waals surface area contributed by atoms with Crippen LogP contribution in [0.4, 0.5) is 4.79 Å². The minimum Gasteiger partial charge on any atom is -0.469 e.